The van der Waals surface area contributed by atoms with E-state index >= 15 is 0 Å². The van der Waals surface area contributed by atoms with E-state index in [1.165, 1.54) is 11.8 Å². The first-order valence-corrected chi connectivity index (χ1v) is 6.78. The lowest BCUT2D eigenvalue weighted by Crippen LogP contribution is -2.16. The summed E-state index contributed by atoms with van der Waals surface area (Å²) in [6.45, 7) is 0. The van der Waals surface area contributed by atoms with Crippen molar-refractivity contribution in [3.63, 3.8) is 0 Å². The predicted molar refractivity (Wildman–Crippen MR) is 73.8 cm³/mol. The monoisotopic (exact) mass is 298 g/mol. The van der Waals surface area contributed by atoms with Crippen LogP contribution in [0.2, 0.25) is 5.15 Å². The number of nitrogens with zero attached hydrogens (tertiary/aromatic N) is 4. The third kappa shape index (κ3) is 2.96. The molecule has 0 aliphatic rings. The lowest BCUT2D eigenvalue weighted by molar-refractivity contribution is 0.100. The van der Waals surface area contributed by atoms with E-state index in [-0.39, 0.29) is 16.5 Å². The molecule has 0 saturated heterocycles. The van der Waals surface area contributed by atoms with E-state index in [0.717, 1.165) is 0 Å². The van der Waals surface area contributed by atoms with E-state index in [4.69, 9.17) is 17.3 Å². The van der Waals surface area contributed by atoms with Crippen LogP contribution in [0, 0.1) is 0 Å². The molecule has 7 nitrogen and oxygen atoms in total. The Labute approximate surface area is 118 Å². The summed E-state index contributed by atoms with van der Waals surface area (Å²) in [5.74, 6) is -0.422. The Morgan fingerprint density at radius 2 is 2.26 bits per heavy atom. The Hall–Kier alpha value is -1.80. The van der Waals surface area contributed by atoms with Gasteiger partial charge in [0.1, 0.15) is 16.5 Å². The molecule has 9 heteroatoms. The molecule has 2 rings (SSSR count). The van der Waals surface area contributed by atoms with E-state index in [9.17, 15) is 4.79 Å². The number of anilines is 2. The van der Waals surface area contributed by atoms with Crippen LogP contribution in [0.25, 0.3) is 0 Å². The maximum absolute atomic E-state index is 11.4. The Bertz CT molecular complexity index is 628. The van der Waals surface area contributed by atoms with Gasteiger partial charge in [-0.1, -0.05) is 23.4 Å². The van der Waals surface area contributed by atoms with E-state index in [1.54, 1.807) is 24.1 Å². The zero-order chi connectivity index (χ0) is 14.0. The number of carbonyl (C=O) groups is 1. The number of rotatable bonds is 4. The minimum Gasteiger partial charge on any atom is -0.365 e. The summed E-state index contributed by atoms with van der Waals surface area (Å²) < 4.78 is 1.62. The number of hydrogen-bond donors (Lipinski definition) is 2. The zero-order valence-corrected chi connectivity index (χ0v) is 11.8. The van der Waals surface area contributed by atoms with Crippen molar-refractivity contribution < 1.29 is 4.79 Å². The molecule has 0 aliphatic heterocycles. The van der Waals surface area contributed by atoms with Gasteiger partial charge in [-0.15, -0.1) is 0 Å². The van der Waals surface area contributed by atoms with Crippen molar-refractivity contribution in [2.24, 2.45) is 12.8 Å². The minimum atomic E-state index is -0.691. The van der Waals surface area contributed by atoms with Crippen molar-refractivity contribution >= 4 is 40.8 Å². The highest BCUT2D eigenvalue weighted by atomic mass is 35.5. The van der Waals surface area contributed by atoms with Gasteiger partial charge in [0.05, 0.1) is 11.9 Å². The number of primary amides is 1. The Kier molecular flexibility index (Phi) is 3.91. The molecule has 2 aromatic heterocycles. The summed E-state index contributed by atoms with van der Waals surface area (Å²) in [6, 6.07) is 0. The van der Waals surface area contributed by atoms with Crippen molar-refractivity contribution in [2.45, 2.75) is 5.16 Å². The quantitative estimate of drug-likeness (QED) is 0.503. The summed E-state index contributed by atoms with van der Waals surface area (Å²) in [4.78, 5) is 19.6. The highest BCUT2D eigenvalue weighted by molar-refractivity contribution is 7.98. The molecule has 0 fully saturated rings. The van der Waals surface area contributed by atoms with E-state index in [2.05, 4.69) is 20.4 Å². The first kappa shape index (κ1) is 13.6. The molecule has 1 amide bonds. The van der Waals surface area contributed by atoms with Gasteiger partial charge in [-0.3, -0.25) is 9.48 Å². The third-order valence-corrected chi connectivity index (χ3v) is 3.06. The zero-order valence-electron chi connectivity index (χ0n) is 10.2. The van der Waals surface area contributed by atoms with Gasteiger partial charge in [-0.25, -0.2) is 9.97 Å². The van der Waals surface area contributed by atoms with Crippen molar-refractivity contribution in [3.05, 3.63) is 23.1 Å². The summed E-state index contributed by atoms with van der Waals surface area (Å²) in [5, 5.41) is 7.44. The first-order valence-electron chi connectivity index (χ1n) is 5.18. The van der Waals surface area contributed by atoms with Gasteiger partial charge in [0.2, 0.25) is 0 Å². The standard InChI is InChI=1S/C10H11ClN6OS/c1-17-4-5(3-13-17)14-9-6(8(12)18)7(11)15-10(16-9)19-2/h3-4H,1-2H3,(H2,12,18)(H,14,15,16). The number of carbonyl (C=O) groups excluding carboxylic acids is 1. The first-order chi connectivity index (χ1) is 9.01. The second kappa shape index (κ2) is 5.45. The molecule has 0 unspecified atom stereocenters. The largest absolute Gasteiger partial charge is 0.365 e. The molecular formula is C10H11ClN6OS. The van der Waals surface area contributed by atoms with E-state index < -0.39 is 5.91 Å². The number of hydrogen-bond acceptors (Lipinski definition) is 6. The van der Waals surface area contributed by atoms with Crippen molar-refractivity contribution in [1.82, 2.24) is 19.7 Å². The second-order valence-corrected chi connectivity index (χ2v) is 4.75. The maximum Gasteiger partial charge on any atom is 0.255 e. The van der Waals surface area contributed by atoms with Crippen LogP contribution in [-0.4, -0.2) is 31.9 Å². The molecule has 100 valence electrons. The lowest BCUT2D eigenvalue weighted by atomic mass is 10.3. The molecule has 2 aromatic rings. The van der Waals surface area contributed by atoms with Crippen LogP contribution in [0.4, 0.5) is 11.5 Å². The molecule has 3 N–H and O–H groups in total. The molecular weight excluding hydrogens is 288 g/mol. The Morgan fingerprint density at radius 3 is 2.79 bits per heavy atom. The molecule has 0 bridgehead atoms. The highest BCUT2D eigenvalue weighted by Gasteiger charge is 2.18. The normalized spacial score (nSPS) is 10.5. The fraction of sp³-hybridized carbons (Fsp3) is 0.200. The van der Waals surface area contributed by atoms with Crippen molar-refractivity contribution in [2.75, 3.05) is 11.6 Å². The van der Waals surface area contributed by atoms with Gasteiger partial charge < -0.3 is 11.1 Å². The fourth-order valence-corrected chi connectivity index (χ4v) is 2.11. The van der Waals surface area contributed by atoms with Crippen LogP contribution in [0.15, 0.2) is 17.6 Å². The van der Waals surface area contributed by atoms with Gasteiger partial charge >= 0.3 is 0 Å². The summed E-state index contributed by atoms with van der Waals surface area (Å²) >= 11 is 7.27. The van der Waals surface area contributed by atoms with Gasteiger partial charge in [0.15, 0.2) is 5.16 Å². The minimum absolute atomic E-state index is 0.0261. The van der Waals surface area contributed by atoms with Crippen molar-refractivity contribution in [1.29, 1.82) is 0 Å². The molecule has 19 heavy (non-hydrogen) atoms. The summed E-state index contributed by atoms with van der Waals surface area (Å²) in [7, 11) is 1.78. The van der Waals surface area contributed by atoms with E-state index in [1.807, 2.05) is 6.26 Å². The number of aryl methyl sites for hydroxylation is 1. The van der Waals surface area contributed by atoms with Crippen molar-refractivity contribution in [3.8, 4) is 0 Å². The number of nitrogens with two attached hydrogens (primary N) is 1. The molecule has 0 radical (unpaired) electrons. The van der Waals surface area contributed by atoms with Gasteiger partial charge in [0, 0.05) is 13.2 Å². The average Bonchev–Trinajstić information content (AvgIpc) is 2.73. The number of amides is 1. The number of thioether (sulfide) groups is 1. The molecule has 0 spiro atoms. The van der Waals surface area contributed by atoms with Crippen LogP contribution >= 0.6 is 23.4 Å². The van der Waals surface area contributed by atoms with Crippen LogP contribution in [0.1, 0.15) is 10.4 Å². The molecule has 0 saturated carbocycles. The van der Waals surface area contributed by atoms with Gasteiger partial charge in [-0.05, 0) is 6.26 Å². The van der Waals surface area contributed by atoms with Gasteiger partial charge in [-0.2, -0.15) is 5.10 Å². The highest BCUT2D eigenvalue weighted by Crippen LogP contribution is 2.26. The average molecular weight is 299 g/mol. The summed E-state index contributed by atoms with van der Waals surface area (Å²) in [5.41, 5.74) is 6.03. The summed E-state index contributed by atoms with van der Waals surface area (Å²) in [6.07, 6.45) is 5.14. The third-order valence-electron chi connectivity index (χ3n) is 2.24. The topological polar surface area (TPSA) is 98.7 Å². The predicted octanol–water partition coefficient (Wildman–Crippen LogP) is 1.43. The Balaban J connectivity index is 2.47. The molecule has 2 heterocycles. The second-order valence-electron chi connectivity index (χ2n) is 3.62. The Morgan fingerprint density at radius 1 is 1.53 bits per heavy atom. The van der Waals surface area contributed by atoms with Crippen LogP contribution in [0.5, 0.6) is 0 Å². The molecule has 0 aliphatic carbocycles. The van der Waals surface area contributed by atoms with E-state index in [0.29, 0.717) is 10.8 Å². The number of nitrogens with one attached hydrogen (secondary N) is 1. The van der Waals surface area contributed by atoms with Crippen LogP contribution < -0.4 is 11.1 Å². The lowest BCUT2D eigenvalue weighted by Gasteiger charge is -2.09. The molecule has 0 aromatic carbocycles. The fourth-order valence-electron chi connectivity index (χ4n) is 1.44. The SMILES string of the molecule is CSc1nc(Cl)c(C(N)=O)c(Nc2cnn(C)c2)n1. The number of halogens is 1. The van der Waals surface area contributed by atoms with Crippen LogP contribution in [-0.2, 0) is 7.05 Å². The maximum atomic E-state index is 11.4. The smallest absolute Gasteiger partial charge is 0.255 e. The van der Waals surface area contributed by atoms with Gasteiger partial charge in [0.25, 0.3) is 5.91 Å². The number of aromatic nitrogens is 4. The van der Waals surface area contributed by atoms with Crippen LogP contribution in [0.3, 0.4) is 0 Å². The molecule has 0 atom stereocenters.